The fourth-order valence-electron chi connectivity index (χ4n) is 0.949. The van der Waals surface area contributed by atoms with Crippen molar-refractivity contribution in [1.29, 1.82) is 0 Å². The summed E-state index contributed by atoms with van der Waals surface area (Å²) in [7, 11) is -3.71. The Bertz CT molecular complexity index is 496. The molecular weight excluding hydrogens is 293 g/mol. The van der Waals surface area contributed by atoms with Crippen LogP contribution in [0.15, 0.2) is 21.7 Å². The van der Waals surface area contributed by atoms with Crippen molar-refractivity contribution in [2.24, 2.45) is 0 Å². The number of hydrogen-bond donors (Lipinski definition) is 2. The number of nitrogens with one attached hydrogen (secondary N) is 2. The smallest absolute Gasteiger partial charge is 0.347 e. The molecule has 0 aliphatic rings. The highest BCUT2D eigenvalue weighted by atomic mass is 32.2. The fourth-order valence-corrected chi connectivity index (χ4v) is 3.02. The van der Waals surface area contributed by atoms with Crippen LogP contribution in [-0.2, 0) is 14.8 Å². The normalized spacial score (nSPS) is 12.4. The van der Waals surface area contributed by atoms with Crippen LogP contribution in [0.1, 0.15) is 0 Å². The van der Waals surface area contributed by atoms with E-state index in [1.165, 1.54) is 12.1 Å². The number of amides is 1. The Morgan fingerprint density at radius 1 is 1.33 bits per heavy atom. The summed E-state index contributed by atoms with van der Waals surface area (Å²) in [5.74, 6) is -2.10. The Hall–Kier alpha value is -1.13. The minimum atomic E-state index is -4.97. The maximum absolute atomic E-state index is 11.8. The van der Waals surface area contributed by atoms with Crippen LogP contribution in [0.25, 0.3) is 0 Å². The number of carbonyl (C=O) groups excluding carboxylic acids is 1. The van der Waals surface area contributed by atoms with Gasteiger partial charge in [0.2, 0.25) is 10.0 Å². The minimum Gasteiger partial charge on any atom is -0.347 e. The summed E-state index contributed by atoms with van der Waals surface area (Å²) in [6.45, 7) is -0.759. The van der Waals surface area contributed by atoms with Crippen molar-refractivity contribution in [3.63, 3.8) is 0 Å². The number of rotatable bonds is 5. The zero-order chi connectivity index (χ0) is 13.8. The Morgan fingerprint density at radius 3 is 2.50 bits per heavy atom. The first-order chi connectivity index (χ1) is 8.23. The van der Waals surface area contributed by atoms with E-state index in [4.69, 9.17) is 0 Å². The summed E-state index contributed by atoms with van der Waals surface area (Å²) in [5, 5.41) is 3.11. The highest BCUT2D eigenvalue weighted by Crippen LogP contribution is 2.15. The van der Waals surface area contributed by atoms with Gasteiger partial charge in [-0.3, -0.25) is 4.79 Å². The Labute approximate surface area is 105 Å². The van der Waals surface area contributed by atoms with Gasteiger partial charge in [0.1, 0.15) is 4.21 Å². The van der Waals surface area contributed by atoms with Crippen LogP contribution >= 0.6 is 11.3 Å². The quantitative estimate of drug-likeness (QED) is 0.786. The lowest BCUT2D eigenvalue weighted by Gasteiger charge is -2.08. The molecule has 5 nitrogen and oxygen atoms in total. The highest BCUT2D eigenvalue weighted by molar-refractivity contribution is 7.91. The van der Waals surface area contributed by atoms with Gasteiger partial charge in [-0.05, 0) is 11.4 Å². The van der Waals surface area contributed by atoms with E-state index in [9.17, 15) is 26.4 Å². The number of hydrogen-bond acceptors (Lipinski definition) is 4. The van der Waals surface area contributed by atoms with Gasteiger partial charge in [-0.15, -0.1) is 11.3 Å². The van der Waals surface area contributed by atoms with Gasteiger partial charge in [-0.25, -0.2) is 13.1 Å². The van der Waals surface area contributed by atoms with E-state index in [1.807, 2.05) is 0 Å². The minimum absolute atomic E-state index is 0.0599. The summed E-state index contributed by atoms with van der Waals surface area (Å²) in [5.41, 5.74) is 0. The summed E-state index contributed by atoms with van der Waals surface area (Å²) in [6, 6.07) is 2.89. The van der Waals surface area contributed by atoms with Crippen molar-refractivity contribution < 1.29 is 26.4 Å². The molecule has 1 aromatic heterocycles. The third kappa shape index (κ3) is 4.27. The van der Waals surface area contributed by atoms with Crippen molar-refractivity contribution in [3.05, 3.63) is 17.5 Å². The molecule has 0 aliphatic heterocycles. The van der Waals surface area contributed by atoms with Gasteiger partial charge in [0.15, 0.2) is 0 Å². The maximum Gasteiger partial charge on any atom is 0.471 e. The summed E-state index contributed by atoms with van der Waals surface area (Å²) in [6.07, 6.45) is -4.97. The highest BCUT2D eigenvalue weighted by Gasteiger charge is 2.38. The van der Waals surface area contributed by atoms with Crippen LogP contribution in [0.3, 0.4) is 0 Å². The first-order valence-corrected chi connectivity index (χ1v) is 6.98. The van der Waals surface area contributed by atoms with Crippen molar-refractivity contribution >= 4 is 27.3 Å². The fraction of sp³-hybridized carbons (Fsp3) is 0.375. The molecule has 0 atom stereocenters. The van der Waals surface area contributed by atoms with Crippen LogP contribution < -0.4 is 10.0 Å². The number of carbonyl (C=O) groups is 1. The second kappa shape index (κ2) is 5.67. The van der Waals surface area contributed by atoms with Crippen molar-refractivity contribution in [1.82, 2.24) is 10.0 Å². The molecule has 1 rings (SSSR count). The zero-order valence-electron chi connectivity index (χ0n) is 8.82. The molecule has 10 heteroatoms. The molecule has 0 saturated carbocycles. The van der Waals surface area contributed by atoms with Gasteiger partial charge in [-0.2, -0.15) is 13.2 Å². The standard InChI is InChI=1S/C8H9F3N2O3S2/c9-8(10,11)7(14)12-3-4-13-18(15,16)6-2-1-5-17-6/h1-2,5,13H,3-4H2,(H,12,14). The monoisotopic (exact) mass is 302 g/mol. The van der Waals surface area contributed by atoms with Crippen LogP contribution in [-0.4, -0.2) is 33.6 Å². The summed E-state index contributed by atoms with van der Waals surface area (Å²) < 4.78 is 60.5. The topological polar surface area (TPSA) is 75.3 Å². The molecular formula is C8H9F3N2O3S2. The van der Waals surface area contributed by atoms with Crippen LogP contribution in [0.4, 0.5) is 13.2 Å². The number of halogens is 3. The Balaban J connectivity index is 2.38. The average molecular weight is 302 g/mol. The van der Waals surface area contributed by atoms with Crippen molar-refractivity contribution in [2.75, 3.05) is 13.1 Å². The predicted molar refractivity (Wildman–Crippen MR) is 58.6 cm³/mol. The lowest BCUT2D eigenvalue weighted by molar-refractivity contribution is -0.173. The first kappa shape index (κ1) is 14.9. The van der Waals surface area contributed by atoms with Crippen molar-refractivity contribution in [3.8, 4) is 0 Å². The molecule has 0 fully saturated rings. The molecule has 1 heterocycles. The van der Waals surface area contributed by atoms with E-state index < -0.39 is 28.7 Å². The molecule has 1 aromatic rings. The van der Waals surface area contributed by atoms with Gasteiger partial charge < -0.3 is 5.32 Å². The van der Waals surface area contributed by atoms with Gasteiger partial charge in [-0.1, -0.05) is 6.07 Å². The second-order valence-electron chi connectivity index (χ2n) is 3.08. The molecule has 0 saturated heterocycles. The van der Waals surface area contributed by atoms with Gasteiger partial charge in [0.25, 0.3) is 0 Å². The van der Waals surface area contributed by atoms with Crippen LogP contribution in [0, 0.1) is 0 Å². The Morgan fingerprint density at radius 2 is 2.00 bits per heavy atom. The van der Waals surface area contributed by atoms with E-state index in [-0.39, 0.29) is 10.8 Å². The molecule has 0 unspecified atom stereocenters. The predicted octanol–water partition coefficient (Wildman–Crippen LogP) is 0.705. The molecule has 1 amide bonds. The average Bonchev–Trinajstić information content (AvgIpc) is 2.76. The van der Waals surface area contributed by atoms with Gasteiger partial charge in [0.05, 0.1) is 0 Å². The summed E-state index contributed by atoms with van der Waals surface area (Å²) in [4.78, 5) is 10.4. The molecule has 0 aliphatic carbocycles. The lowest BCUT2D eigenvalue weighted by atomic mass is 10.5. The van der Waals surface area contributed by atoms with E-state index in [0.717, 1.165) is 11.3 Å². The lowest BCUT2D eigenvalue weighted by Crippen LogP contribution is -2.41. The maximum atomic E-state index is 11.8. The molecule has 0 aromatic carbocycles. The first-order valence-electron chi connectivity index (χ1n) is 4.61. The van der Waals surface area contributed by atoms with E-state index in [2.05, 4.69) is 4.72 Å². The second-order valence-corrected chi connectivity index (χ2v) is 6.03. The molecule has 2 N–H and O–H groups in total. The molecule has 0 spiro atoms. The number of alkyl halides is 3. The molecule has 102 valence electrons. The van der Waals surface area contributed by atoms with Gasteiger partial charge >= 0.3 is 12.1 Å². The molecule has 18 heavy (non-hydrogen) atoms. The number of sulfonamides is 1. The third-order valence-corrected chi connectivity index (χ3v) is 4.58. The molecule has 0 bridgehead atoms. The zero-order valence-corrected chi connectivity index (χ0v) is 10.5. The van der Waals surface area contributed by atoms with E-state index in [0.29, 0.717) is 0 Å². The number of thiophene rings is 1. The molecule has 0 radical (unpaired) electrons. The van der Waals surface area contributed by atoms with Crippen molar-refractivity contribution in [2.45, 2.75) is 10.4 Å². The largest absolute Gasteiger partial charge is 0.471 e. The van der Waals surface area contributed by atoms with E-state index in [1.54, 1.807) is 10.7 Å². The van der Waals surface area contributed by atoms with Crippen LogP contribution in [0.2, 0.25) is 0 Å². The Kier molecular flexibility index (Phi) is 4.71. The van der Waals surface area contributed by atoms with E-state index >= 15 is 0 Å². The summed E-state index contributed by atoms with van der Waals surface area (Å²) >= 11 is 0.981. The SMILES string of the molecule is O=C(NCCNS(=O)(=O)c1cccs1)C(F)(F)F. The third-order valence-electron chi connectivity index (χ3n) is 1.72. The van der Waals surface area contributed by atoms with Gasteiger partial charge in [0, 0.05) is 13.1 Å². The van der Waals surface area contributed by atoms with Crippen LogP contribution in [0.5, 0.6) is 0 Å².